The average Bonchev–Trinajstić information content (AvgIpc) is 2.93. The first-order valence-electron chi connectivity index (χ1n) is 15.4. The van der Waals surface area contributed by atoms with Gasteiger partial charge in [0.05, 0.1) is 12.2 Å². The number of carbonyl (C=O) groups excluding carboxylic acids is 3. The van der Waals surface area contributed by atoms with Crippen LogP contribution in [-0.4, -0.2) is 58.2 Å². The van der Waals surface area contributed by atoms with Crippen LogP contribution in [0.1, 0.15) is 116 Å². The minimum atomic E-state index is -0.665. The Morgan fingerprint density at radius 2 is 1.43 bits per heavy atom. The topological polar surface area (TPSA) is 97.8 Å². The van der Waals surface area contributed by atoms with Crippen LogP contribution in [0.15, 0.2) is 24.4 Å². The summed E-state index contributed by atoms with van der Waals surface area (Å²) in [6, 6.07) is 5.34. The zero-order valence-electron chi connectivity index (χ0n) is 24.7. The number of nitrogens with zero attached hydrogens (tertiary/aromatic N) is 2. The summed E-state index contributed by atoms with van der Waals surface area (Å²) in [7, 11) is 0. The number of imide groups is 1. The molecule has 0 unspecified atom stereocenters. The summed E-state index contributed by atoms with van der Waals surface area (Å²) in [6.45, 7) is 4.90. The van der Waals surface area contributed by atoms with Gasteiger partial charge < -0.3 is 14.8 Å². The molecule has 1 aliphatic rings. The van der Waals surface area contributed by atoms with Crippen LogP contribution >= 0.6 is 11.8 Å². The fourth-order valence-corrected chi connectivity index (χ4v) is 5.86. The van der Waals surface area contributed by atoms with Crippen molar-refractivity contribution in [2.75, 3.05) is 19.8 Å². The van der Waals surface area contributed by atoms with Crippen molar-refractivity contribution in [2.45, 2.75) is 127 Å². The van der Waals surface area contributed by atoms with E-state index in [1.54, 1.807) is 36.2 Å². The molecule has 0 spiro atoms. The highest BCUT2D eigenvalue weighted by molar-refractivity contribution is 8.01. The lowest BCUT2D eigenvalue weighted by Crippen LogP contribution is -2.40. The molecule has 1 N–H and O–H groups in total. The van der Waals surface area contributed by atoms with E-state index in [4.69, 9.17) is 9.47 Å². The molecular weight excluding hydrogens is 526 g/mol. The highest BCUT2D eigenvalue weighted by Crippen LogP contribution is 2.36. The molecular formula is C31H51N3O5S. The number of rotatable bonds is 21. The Hall–Kier alpha value is -2.29. The van der Waals surface area contributed by atoms with Crippen LogP contribution in [-0.2, 0) is 20.8 Å². The molecule has 0 radical (unpaired) electrons. The Bertz CT molecular complexity index is 836. The minimum Gasteiger partial charge on any atom is -0.448 e. The number of alkyl carbamates (subject to hydrolysis) is 1. The van der Waals surface area contributed by atoms with Crippen LogP contribution in [0.25, 0.3) is 0 Å². The fraction of sp³-hybridized carbons (Fsp3) is 0.742. The van der Waals surface area contributed by atoms with Crippen molar-refractivity contribution >= 4 is 29.9 Å². The number of pyridine rings is 1. The van der Waals surface area contributed by atoms with Gasteiger partial charge in [0.15, 0.2) is 0 Å². The van der Waals surface area contributed by atoms with Crippen LogP contribution in [0.2, 0.25) is 0 Å². The Morgan fingerprint density at radius 3 is 1.95 bits per heavy atom. The first kappa shape index (κ1) is 33.9. The van der Waals surface area contributed by atoms with Gasteiger partial charge in [-0.15, -0.1) is 11.8 Å². The SMILES string of the molecule is CCCCCCCCCCCCCCCCNC(=O)OC[C@H]1C[C@H](COC(=O)N(Cc2ccccn2)C(C)=O)S1. The number of hydrogen-bond donors (Lipinski definition) is 1. The van der Waals surface area contributed by atoms with E-state index in [1.165, 1.54) is 84.0 Å². The van der Waals surface area contributed by atoms with Crippen molar-refractivity contribution in [2.24, 2.45) is 0 Å². The van der Waals surface area contributed by atoms with Gasteiger partial charge in [0, 0.05) is 30.2 Å². The third-order valence-corrected chi connectivity index (χ3v) is 8.58. The lowest BCUT2D eigenvalue weighted by atomic mass is 10.0. The highest BCUT2D eigenvalue weighted by atomic mass is 32.2. The molecule has 0 saturated carbocycles. The zero-order valence-corrected chi connectivity index (χ0v) is 25.6. The van der Waals surface area contributed by atoms with Gasteiger partial charge in [0.25, 0.3) is 0 Å². The molecule has 1 fully saturated rings. The van der Waals surface area contributed by atoms with Gasteiger partial charge in [-0.3, -0.25) is 9.78 Å². The maximum atomic E-state index is 12.4. The van der Waals surface area contributed by atoms with Crippen LogP contribution in [0.4, 0.5) is 9.59 Å². The van der Waals surface area contributed by atoms with E-state index >= 15 is 0 Å². The van der Waals surface area contributed by atoms with Crippen LogP contribution in [0.5, 0.6) is 0 Å². The van der Waals surface area contributed by atoms with Crippen molar-refractivity contribution in [1.29, 1.82) is 0 Å². The van der Waals surface area contributed by atoms with Crippen LogP contribution in [0, 0.1) is 0 Å². The molecule has 8 nitrogen and oxygen atoms in total. The number of amides is 3. The zero-order chi connectivity index (χ0) is 28.8. The third-order valence-electron chi connectivity index (χ3n) is 7.15. The van der Waals surface area contributed by atoms with E-state index in [1.807, 2.05) is 0 Å². The molecule has 2 atom stereocenters. The van der Waals surface area contributed by atoms with E-state index in [2.05, 4.69) is 17.2 Å². The summed E-state index contributed by atoms with van der Waals surface area (Å²) in [6.07, 6.45) is 19.8. The fourth-order valence-electron chi connectivity index (χ4n) is 4.70. The van der Waals surface area contributed by atoms with Gasteiger partial charge in [-0.2, -0.15) is 0 Å². The molecule has 0 aliphatic carbocycles. The van der Waals surface area contributed by atoms with Gasteiger partial charge >= 0.3 is 12.2 Å². The van der Waals surface area contributed by atoms with E-state index < -0.39 is 6.09 Å². The van der Waals surface area contributed by atoms with Gasteiger partial charge in [0.2, 0.25) is 5.91 Å². The molecule has 40 heavy (non-hydrogen) atoms. The smallest absolute Gasteiger partial charge is 0.416 e. The van der Waals surface area contributed by atoms with E-state index in [-0.39, 0.29) is 35.7 Å². The summed E-state index contributed by atoms with van der Waals surface area (Å²) >= 11 is 1.63. The Labute approximate surface area is 245 Å². The summed E-state index contributed by atoms with van der Waals surface area (Å²) in [5.41, 5.74) is 0.618. The molecule has 9 heteroatoms. The number of unbranched alkanes of at least 4 members (excludes halogenated alkanes) is 13. The number of aromatic nitrogens is 1. The highest BCUT2D eigenvalue weighted by Gasteiger charge is 2.33. The van der Waals surface area contributed by atoms with Gasteiger partial charge in [0.1, 0.15) is 13.2 Å². The molecule has 3 amide bonds. The van der Waals surface area contributed by atoms with Gasteiger partial charge in [-0.25, -0.2) is 14.5 Å². The van der Waals surface area contributed by atoms with E-state index in [9.17, 15) is 14.4 Å². The predicted octanol–water partition coefficient (Wildman–Crippen LogP) is 7.65. The van der Waals surface area contributed by atoms with E-state index in [0.717, 1.165) is 24.2 Å². The number of ether oxygens (including phenoxy) is 2. The number of carbonyl (C=O) groups is 3. The Balaban J connectivity index is 1.38. The second-order valence-electron chi connectivity index (χ2n) is 10.7. The average molecular weight is 578 g/mol. The van der Waals surface area contributed by atoms with Crippen LogP contribution in [0.3, 0.4) is 0 Å². The van der Waals surface area contributed by atoms with Crippen molar-refractivity contribution in [3.05, 3.63) is 30.1 Å². The van der Waals surface area contributed by atoms with Crippen molar-refractivity contribution in [1.82, 2.24) is 15.2 Å². The maximum Gasteiger partial charge on any atom is 0.416 e. The van der Waals surface area contributed by atoms with E-state index in [0.29, 0.717) is 18.8 Å². The molecule has 226 valence electrons. The molecule has 1 aromatic rings. The first-order chi connectivity index (χ1) is 19.5. The largest absolute Gasteiger partial charge is 0.448 e. The number of nitrogens with one attached hydrogen (secondary N) is 1. The molecule has 1 saturated heterocycles. The standard InChI is InChI=1S/C31H51N3O5S/c1-3-4-5-6-7-8-9-10-11-12-13-14-15-17-21-33-30(36)38-24-28-22-29(40-28)25-39-31(37)34(26(2)35)23-27-19-16-18-20-32-27/h16,18-20,28-29H,3-15,17,21-25H2,1-2H3,(H,33,36)/t28-,29-/m1/s1. The quantitative estimate of drug-likeness (QED) is 0.150. The van der Waals surface area contributed by atoms with Crippen LogP contribution < -0.4 is 5.32 Å². The third kappa shape index (κ3) is 15.5. The van der Waals surface area contributed by atoms with Crippen molar-refractivity contribution in [3.8, 4) is 0 Å². The molecule has 0 bridgehead atoms. The van der Waals surface area contributed by atoms with Crippen molar-refractivity contribution < 1.29 is 23.9 Å². The lowest BCUT2D eigenvalue weighted by molar-refractivity contribution is -0.127. The number of hydrogen-bond acceptors (Lipinski definition) is 7. The second-order valence-corrected chi connectivity index (χ2v) is 12.3. The maximum absolute atomic E-state index is 12.4. The summed E-state index contributed by atoms with van der Waals surface area (Å²) in [5, 5.41) is 3.18. The Morgan fingerprint density at radius 1 is 0.875 bits per heavy atom. The normalized spacial score (nSPS) is 16.1. The van der Waals surface area contributed by atoms with Gasteiger partial charge in [-0.1, -0.05) is 96.5 Å². The summed E-state index contributed by atoms with van der Waals surface area (Å²) < 4.78 is 10.7. The molecule has 1 aromatic heterocycles. The molecule has 2 rings (SSSR count). The Kier molecular flexibility index (Phi) is 18.2. The van der Waals surface area contributed by atoms with Crippen molar-refractivity contribution in [3.63, 3.8) is 0 Å². The first-order valence-corrected chi connectivity index (χ1v) is 16.3. The number of thioether (sulfide) groups is 1. The minimum absolute atomic E-state index is 0.0811. The monoisotopic (exact) mass is 577 g/mol. The summed E-state index contributed by atoms with van der Waals surface area (Å²) in [4.78, 5) is 41.4. The summed E-state index contributed by atoms with van der Waals surface area (Å²) in [5.74, 6) is -0.386. The lowest BCUT2D eigenvalue weighted by Gasteiger charge is -2.34. The van der Waals surface area contributed by atoms with Gasteiger partial charge in [-0.05, 0) is 25.0 Å². The molecule has 0 aromatic carbocycles. The predicted molar refractivity (Wildman–Crippen MR) is 161 cm³/mol. The molecule has 1 aliphatic heterocycles. The molecule has 2 heterocycles. The second kappa shape index (κ2) is 21.5.